The van der Waals surface area contributed by atoms with Gasteiger partial charge in [0.15, 0.2) is 0 Å². The number of carboxylic acids is 1. The van der Waals surface area contributed by atoms with E-state index in [4.69, 9.17) is 5.11 Å². The van der Waals surface area contributed by atoms with E-state index in [-0.39, 0.29) is 5.69 Å². The summed E-state index contributed by atoms with van der Waals surface area (Å²) >= 11 is 3.19. The molecule has 0 heterocycles. The van der Waals surface area contributed by atoms with E-state index < -0.39 is 16.9 Å². The molecule has 1 N–H and O–H groups in total. The third-order valence-electron chi connectivity index (χ3n) is 2.46. The lowest BCUT2D eigenvalue weighted by molar-refractivity contribution is -0.384. The number of nitrogens with zero attached hydrogens (tertiary/aromatic N) is 2. The fourth-order valence-corrected chi connectivity index (χ4v) is 1.92. The Kier molecular flexibility index (Phi) is 4.06. The molecular formula is C10H11BrN2O4. The zero-order valence-electron chi connectivity index (χ0n) is 9.25. The first-order valence-electron chi connectivity index (χ1n) is 4.74. The summed E-state index contributed by atoms with van der Waals surface area (Å²) in [5.74, 6) is -0.960. The molecule has 0 aliphatic heterocycles. The van der Waals surface area contributed by atoms with Gasteiger partial charge in [-0.25, -0.2) is 4.79 Å². The predicted octanol–water partition coefficient (Wildman–Crippen LogP) is 2.27. The number of aliphatic carboxylic acids is 1. The fraction of sp³-hybridized carbons (Fsp3) is 0.300. The Balaban J connectivity index is 3.08. The zero-order chi connectivity index (χ0) is 13.2. The van der Waals surface area contributed by atoms with Gasteiger partial charge in [0.05, 0.1) is 10.6 Å². The van der Waals surface area contributed by atoms with Crippen LogP contribution in [0.2, 0.25) is 0 Å². The first-order chi connectivity index (χ1) is 7.84. The van der Waals surface area contributed by atoms with Crippen molar-refractivity contribution in [1.29, 1.82) is 0 Å². The standard InChI is InChI=1S/C10H11BrN2O4/c1-6(10(14)15)12(2)9-4-3-7(13(16)17)5-8(9)11/h3-6H,1-2H3,(H,14,15). The second kappa shape index (κ2) is 5.13. The number of halogens is 1. The summed E-state index contributed by atoms with van der Waals surface area (Å²) < 4.78 is 0.488. The Morgan fingerprint density at radius 2 is 2.18 bits per heavy atom. The van der Waals surface area contributed by atoms with Gasteiger partial charge in [-0.1, -0.05) is 0 Å². The van der Waals surface area contributed by atoms with E-state index in [0.717, 1.165) is 0 Å². The highest BCUT2D eigenvalue weighted by Crippen LogP contribution is 2.30. The second-order valence-corrected chi connectivity index (χ2v) is 4.37. The minimum Gasteiger partial charge on any atom is -0.480 e. The van der Waals surface area contributed by atoms with Crippen LogP contribution in [0.25, 0.3) is 0 Å². The van der Waals surface area contributed by atoms with E-state index in [0.29, 0.717) is 10.2 Å². The summed E-state index contributed by atoms with van der Waals surface area (Å²) in [7, 11) is 1.62. The molecule has 0 aliphatic rings. The number of likely N-dealkylation sites (N-methyl/N-ethyl adjacent to an activating group) is 1. The van der Waals surface area contributed by atoms with Crippen molar-refractivity contribution in [2.24, 2.45) is 0 Å². The Labute approximate surface area is 106 Å². The van der Waals surface area contributed by atoms with Gasteiger partial charge < -0.3 is 10.0 Å². The molecule has 0 bridgehead atoms. The highest BCUT2D eigenvalue weighted by Gasteiger charge is 2.20. The molecule has 17 heavy (non-hydrogen) atoms. The minimum atomic E-state index is -0.960. The predicted molar refractivity (Wildman–Crippen MR) is 66.3 cm³/mol. The fourth-order valence-electron chi connectivity index (χ4n) is 1.27. The van der Waals surface area contributed by atoms with Crippen molar-refractivity contribution >= 4 is 33.3 Å². The van der Waals surface area contributed by atoms with Crippen molar-refractivity contribution in [2.45, 2.75) is 13.0 Å². The molecule has 6 nitrogen and oxygen atoms in total. The lowest BCUT2D eigenvalue weighted by Crippen LogP contribution is -2.35. The molecule has 0 saturated carbocycles. The number of carboxylic acid groups (broad SMARTS) is 1. The van der Waals surface area contributed by atoms with Gasteiger partial charge in [-0.2, -0.15) is 0 Å². The van der Waals surface area contributed by atoms with Crippen LogP contribution in [0.1, 0.15) is 6.92 Å². The largest absolute Gasteiger partial charge is 0.480 e. The smallest absolute Gasteiger partial charge is 0.326 e. The molecule has 0 aliphatic carbocycles. The quantitative estimate of drug-likeness (QED) is 0.681. The van der Waals surface area contributed by atoms with Gasteiger partial charge in [-0.05, 0) is 28.9 Å². The van der Waals surface area contributed by atoms with Crippen LogP contribution < -0.4 is 4.90 Å². The van der Waals surface area contributed by atoms with Crippen LogP contribution in [0.15, 0.2) is 22.7 Å². The number of hydrogen-bond donors (Lipinski definition) is 1. The van der Waals surface area contributed by atoms with Crippen LogP contribution >= 0.6 is 15.9 Å². The SMILES string of the molecule is CC(C(=O)O)N(C)c1ccc([N+](=O)[O-])cc1Br. The van der Waals surface area contributed by atoms with E-state index in [2.05, 4.69) is 15.9 Å². The van der Waals surface area contributed by atoms with Crippen LogP contribution in [0.4, 0.5) is 11.4 Å². The molecule has 0 aromatic heterocycles. The van der Waals surface area contributed by atoms with E-state index >= 15 is 0 Å². The summed E-state index contributed by atoms with van der Waals surface area (Å²) in [4.78, 5) is 22.4. The maximum Gasteiger partial charge on any atom is 0.326 e. The minimum absolute atomic E-state index is 0.0444. The van der Waals surface area contributed by atoms with E-state index in [1.165, 1.54) is 30.0 Å². The Morgan fingerprint density at radius 1 is 1.59 bits per heavy atom. The molecule has 7 heteroatoms. The number of hydrogen-bond acceptors (Lipinski definition) is 4. The third kappa shape index (κ3) is 2.94. The average molecular weight is 303 g/mol. The van der Waals surface area contributed by atoms with Gasteiger partial charge in [0.1, 0.15) is 6.04 Å². The van der Waals surface area contributed by atoms with Crippen LogP contribution in [-0.2, 0) is 4.79 Å². The van der Waals surface area contributed by atoms with Gasteiger partial charge in [-0.15, -0.1) is 0 Å². The number of carbonyl (C=O) groups is 1. The number of nitro groups is 1. The van der Waals surface area contributed by atoms with Crippen LogP contribution in [0.3, 0.4) is 0 Å². The first kappa shape index (κ1) is 13.4. The van der Waals surface area contributed by atoms with Gasteiger partial charge in [0.2, 0.25) is 0 Å². The molecule has 0 radical (unpaired) electrons. The normalized spacial score (nSPS) is 11.9. The molecule has 0 saturated heterocycles. The number of anilines is 1. The topological polar surface area (TPSA) is 83.7 Å². The lowest BCUT2D eigenvalue weighted by atomic mass is 10.2. The maximum absolute atomic E-state index is 10.8. The average Bonchev–Trinajstić information content (AvgIpc) is 2.26. The summed E-state index contributed by atoms with van der Waals surface area (Å²) in [5.41, 5.74) is 0.544. The van der Waals surface area contributed by atoms with E-state index in [1.54, 1.807) is 7.05 Å². The number of non-ortho nitro benzene ring substituents is 1. The van der Waals surface area contributed by atoms with Crippen molar-refractivity contribution in [3.63, 3.8) is 0 Å². The Morgan fingerprint density at radius 3 is 2.59 bits per heavy atom. The van der Waals surface area contributed by atoms with Gasteiger partial charge in [-0.3, -0.25) is 10.1 Å². The highest BCUT2D eigenvalue weighted by molar-refractivity contribution is 9.10. The van der Waals surface area contributed by atoms with Gasteiger partial charge in [0.25, 0.3) is 5.69 Å². The van der Waals surface area contributed by atoms with Crippen molar-refractivity contribution in [3.8, 4) is 0 Å². The van der Waals surface area contributed by atoms with Crippen LogP contribution in [-0.4, -0.2) is 29.1 Å². The van der Waals surface area contributed by atoms with Crippen molar-refractivity contribution in [1.82, 2.24) is 0 Å². The number of rotatable bonds is 4. The third-order valence-corrected chi connectivity index (χ3v) is 3.10. The summed E-state index contributed by atoms with van der Waals surface area (Å²) in [6, 6.07) is 3.49. The summed E-state index contributed by atoms with van der Waals surface area (Å²) in [6.45, 7) is 1.54. The highest BCUT2D eigenvalue weighted by atomic mass is 79.9. The summed E-state index contributed by atoms with van der Waals surface area (Å²) in [5, 5.41) is 19.4. The number of benzene rings is 1. The van der Waals surface area contributed by atoms with E-state index in [9.17, 15) is 14.9 Å². The molecular weight excluding hydrogens is 292 g/mol. The Bertz CT molecular complexity index is 464. The van der Waals surface area contributed by atoms with E-state index in [1.807, 2.05) is 0 Å². The van der Waals surface area contributed by atoms with Crippen LogP contribution in [0.5, 0.6) is 0 Å². The number of nitro benzene ring substituents is 1. The molecule has 0 amide bonds. The molecule has 1 unspecified atom stereocenters. The Hall–Kier alpha value is -1.63. The second-order valence-electron chi connectivity index (χ2n) is 3.52. The first-order valence-corrected chi connectivity index (χ1v) is 5.53. The molecule has 1 atom stereocenters. The summed E-state index contributed by atoms with van der Waals surface area (Å²) in [6.07, 6.45) is 0. The molecule has 1 rings (SSSR count). The molecule has 0 spiro atoms. The molecule has 0 fully saturated rings. The van der Waals surface area contributed by atoms with Crippen molar-refractivity contribution in [3.05, 3.63) is 32.8 Å². The van der Waals surface area contributed by atoms with Crippen LogP contribution in [0, 0.1) is 10.1 Å². The molecule has 1 aromatic carbocycles. The monoisotopic (exact) mass is 302 g/mol. The molecule has 92 valence electrons. The van der Waals surface area contributed by atoms with Gasteiger partial charge in [0, 0.05) is 23.7 Å². The zero-order valence-corrected chi connectivity index (χ0v) is 10.8. The van der Waals surface area contributed by atoms with Crippen molar-refractivity contribution < 1.29 is 14.8 Å². The maximum atomic E-state index is 10.8. The lowest BCUT2D eigenvalue weighted by Gasteiger charge is -2.24. The van der Waals surface area contributed by atoms with Crippen molar-refractivity contribution in [2.75, 3.05) is 11.9 Å². The molecule has 1 aromatic rings. The van der Waals surface area contributed by atoms with Gasteiger partial charge >= 0.3 is 5.97 Å².